The third-order valence-corrected chi connectivity index (χ3v) is 5.92. The molecule has 0 saturated heterocycles. The molecule has 0 atom stereocenters. The van der Waals surface area contributed by atoms with Crippen molar-refractivity contribution in [3.05, 3.63) is 29.8 Å². The molecule has 2 amide bonds. The van der Waals surface area contributed by atoms with Crippen molar-refractivity contribution >= 4 is 11.8 Å². The number of nitrogens with zero attached hydrogens (tertiary/aromatic N) is 2. The van der Waals surface area contributed by atoms with Gasteiger partial charge in [0.1, 0.15) is 11.4 Å². The van der Waals surface area contributed by atoms with Crippen LogP contribution in [0.3, 0.4) is 0 Å². The molecule has 6 heteroatoms. The quantitative estimate of drug-likeness (QED) is 0.813. The number of rotatable bonds is 4. The molecular weight excluding hydrogens is 344 g/mol. The van der Waals surface area contributed by atoms with Crippen LogP contribution < -0.4 is 4.74 Å². The van der Waals surface area contributed by atoms with Crippen molar-refractivity contribution in [2.45, 2.75) is 57.2 Å². The molecule has 27 heavy (non-hydrogen) atoms. The summed E-state index contributed by atoms with van der Waals surface area (Å²) >= 11 is 0. The average molecular weight is 374 g/mol. The zero-order valence-electron chi connectivity index (χ0n) is 16.6. The Bertz CT molecular complexity index is 683. The summed E-state index contributed by atoms with van der Waals surface area (Å²) in [6.07, 6.45) is 3.82. The topological polar surface area (TPSA) is 59.1 Å². The number of amides is 2. The summed E-state index contributed by atoms with van der Waals surface area (Å²) in [5.74, 6) is 1.07. The summed E-state index contributed by atoms with van der Waals surface area (Å²) in [6.45, 7) is 3.19. The molecule has 0 bridgehead atoms. The number of carbonyl (C=O) groups excluding carboxylic acids is 2. The van der Waals surface area contributed by atoms with Gasteiger partial charge in [0, 0.05) is 39.2 Å². The Morgan fingerprint density at radius 3 is 2.67 bits per heavy atom. The molecule has 148 valence electrons. The van der Waals surface area contributed by atoms with Crippen molar-refractivity contribution in [2.75, 3.05) is 27.3 Å². The highest BCUT2D eigenvalue weighted by Gasteiger charge is 2.43. The lowest BCUT2D eigenvalue weighted by Crippen LogP contribution is -2.52. The number of ether oxygens (including phenoxy) is 2. The summed E-state index contributed by atoms with van der Waals surface area (Å²) in [6, 6.07) is 8.22. The van der Waals surface area contributed by atoms with Crippen LogP contribution in [-0.4, -0.2) is 60.6 Å². The van der Waals surface area contributed by atoms with E-state index >= 15 is 0 Å². The van der Waals surface area contributed by atoms with E-state index in [1.807, 2.05) is 41.1 Å². The fraction of sp³-hybridized carbons (Fsp3) is 0.619. The summed E-state index contributed by atoms with van der Waals surface area (Å²) in [7, 11) is 3.48. The van der Waals surface area contributed by atoms with Crippen molar-refractivity contribution in [1.82, 2.24) is 9.80 Å². The van der Waals surface area contributed by atoms with E-state index in [9.17, 15) is 9.59 Å². The number of para-hydroxylation sites is 1. The van der Waals surface area contributed by atoms with Crippen LogP contribution in [0, 0.1) is 0 Å². The molecule has 1 fully saturated rings. The van der Waals surface area contributed by atoms with E-state index in [0.717, 1.165) is 37.0 Å². The SMILES string of the molecule is COCCC(=O)N1Cc2ccccc2OC2(CCC(N(C)C(C)=O)CC2)C1. The van der Waals surface area contributed by atoms with Crippen LogP contribution in [0.25, 0.3) is 0 Å². The van der Waals surface area contributed by atoms with Gasteiger partial charge in [0.05, 0.1) is 19.6 Å². The van der Waals surface area contributed by atoms with Gasteiger partial charge in [0.25, 0.3) is 0 Å². The average Bonchev–Trinajstić information content (AvgIpc) is 2.82. The molecule has 1 aromatic rings. The molecule has 0 N–H and O–H groups in total. The Labute approximate surface area is 161 Å². The maximum Gasteiger partial charge on any atom is 0.225 e. The lowest BCUT2D eigenvalue weighted by atomic mass is 9.81. The van der Waals surface area contributed by atoms with E-state index < -0.39 is 0 Å². The molecule has 2 aliphatic rings. The van der Waals surface area contributed by atoms with Gasteiger partial charge >= 0.3 is 0 Å². The highest BCUT2D eigenvalue weighted by molar-refractivity contribution is 5.76. The third kappa shape index (κ3) is 4.43. The Balaban J connectivity index is 1.80. The van der Waals surface area contributed by atoms with Crippen molar-refractivity contribution in [3.63, 3.8) is 0 Å². The fourth-order valence-electron chi connectivity index (χ4n) is 4.17. The largest absolute Gasteiger partial charge is 0.485 e. The predicted molar refractivity (Wildman–Crippen MR) is 102 cm³/mol. The third-order valence-electron chi connectivity index (χ3n) is 5.92. The molecule has 0 radical (unpaired) electrons. The smallest absolute Gasteiger partial charge is 0.225 e. The Kier molecular flexibility index (Phi) is 6.05. The first-order valence-electron chi connectivity index (χ1n) is 9.71. The number of carbonyl (C=O) groups is 2. The van der Waals surface area contributed by atoms with E-state index in [-0.39, 0.29) is 23.5 Å². The molecule has 1 aliphatic heterocycles. The number of fused-ring (bicyclic) bond motifs is 1. The van der Waals surface area contributed by atoms with Crippen molar-refractivity contribution < 1.29 is 19.1 Å². The van der Waals surface area contributed by atoms with Crippen LogP contribution in [0.2, 0.25) is 0 Å². The summed E-state index contributed by atoms with van der Waals surface area (Å²) in [5.41, 5.74) is 0.659. The van der Waals surface area contributed by atoms with Gasteiger partial charge in [0.2, 0.25) is 11.8 Å². The molecule has 3 rings (SSSR count). The van der Waals surface area contributed by atoms with Crippen LogP contribution >= 0.6 is 0 Å². The Morgan fingerprint density at radius 1 is 1.30 bits per heavy atom. The van der Waals surface area contributed by atoms with Gasteiger partial charge in [-0.1, -0.05) is 18.2 Å². The van der Waals surface area contributed by atoms with Gasteiger partial charge in [0.15, 0.2) is 0 Å². The van der Waals surface area contributed by atoms with Gasteiger partial charge in [-0.3, -0.25) is 9.59 Å². The molecule has 0 unspecified atom stereocenters. The minimum absolute atomic E-state index is 0.0967. The number of methoxy groups -OCH3 is 1. The molecule has 6 nitrogen and oxygen atoms in total. The van der Waals surface area contributed by atoms with Gasteiger partial charge in [-0.25, -0.2) is 0 Å². The van der Waals surface area contributed by atoms with Crippen LogP contribution in [0.15, 0.2) is 24.3 Å². The lowest BCUT2D eigenvalue weighted by molar-refractivity contribution is -0.136. The minimum Gasteiger partial charge on any atom is -0.485 e. The minimum atomic E-state index is -0.385. The summed E-state index contributed by atoms with van der Waals surface area (Å²) in [4.78, 5) is 28.2. The van der Waals surface area contributed by atoms with Gasteiger partial charge in [-0.2, -0.15) is 0 Å². The van der Waals surface area contributed by atoms with Crippen molar-refractivity contribution in [1.29, 1.82) is 0 Å². The first kappa shape index (κ1) is 19.7. The van der Waals surface area contributed by atoms with Gasteiger partial charge in [-0.05, 0) is 31.7 Å². The first-order valence-corrected chi connectivity index (χ1v) is 9.71. The monoisotopic (exact) mass is 374 g/mol. The van der Waals surface area contributed by atoms with E-state index in [0.29, 0.717) is 26.1 Å². The lowest BCUT2D eigenvalue weighted by Gasteiger charge is -2.43. The van der Waals surface area contributed by atoms with E-state index in [4.69, 9.17) is 9.47 Å². The van der Waals surface area contributed by atoms with Crippen molar-refractivity contribution in [3.8, 4) is 5.75 Å². The van der Waals surface area contributed by atoms with Gasteiger partial charge < -0.3 is 19.3 Å². The van der Waals surface area contributed by atoms with E-state index in [2.05, 4.69) is 0 Å². The maximum atomic E-state index is 12.7. The van der Waals surface area contributed by atoms with Crippen LogP contribution in [0.1, 0.15) is 44.6 Å². The van der Waals surface area contributed by atoms with E-state index in [1.54, 1.807) is 14.0 Å². The van der Waals surface area contributed by atoms with Crippen LogP contribution in [-0.2, 0) is 20.9 Å². The highest BCUT2D eigenvalue weighted by atomic mass is 16.5. The number of benzene rings is 1. The van der Waals surface area contributed by atoms with Crippen LogP contribution in [0.4, 0.5) is 0 Å². The van der Waals surface area contributed by atoms with E-state index in [1.165, 1.54) is 0 Å². The molecule has 1 aliphatic carbocycles. The maximum absolute atomic E-state index is 12.7. The summed E-state index contributed by atoms with van der Waals surface area (Å²) < 4.78 is 11.6. The normalized spacial score (nSPS) is 24.7. The number of hydrogen-bond donors (Lipinski definition) is 0. The second-order valence-electron chi connectivity index (χ2n) is 7.75. The summed E-state index contributed by atoms with van der Waals surface area (Å²) in [5, 5.41) is 0. The molecular formula is C21H30N2O4. The molecule has 1 saturated carbocycles. The molecule has 1 aromatic carbocycles. The molecule has 0 aromatic heterocycles. The highest BCUT2D eigenvalue weighted by Crippen LogP contribution is 2.39. The standard InChI is InChI=1S/C21H30N2O4/c1-16(24)22(2)18-8-11-21(12-9-18)15-23(20(25)10-13-26-3)14-17-6-4-5-7-19(17)27-21/h4-7,18H,8-15H2,1-3H3. The van der Waals surface area contributed by atoms with Gasteiger partial charge in [-0.15, -0.1) is 0 Å². The second-order valence-corrected chi connectivity index (χ2v) is 7.75. The second kappa shape index (κ2) is 8.30. The number of hydrogen-bond acceptors (Lipinski definition) is 4. The first-order chi connectivity index (χ1) is 12.9. The molecule has 1 heterocycles. The predicted octanol–water partition coefficient (Wildman–Crippen LogP) is 2.60. The zero-order valence-corrected chi connectivity index (χ0v) is 16.6. The van der Waals surface area contributed by atoms with Crippen molar-refractivity contribution in [2.24, 2.45) is 0 Å². The Hall–Kier alpha value is -2.08. The zero-order chi connectivity index (χ0) is 19.4. The fourth-order valence-corrected chi connectivity index (χ4v) is 4.17. The molecule has 1 spiro atoms. The van der Waals surface area contributed by atoms with Crippen LogP contribution in [0.5, 0.6) is 5.75 Å². The Morgan fingerprint density at radius 2 is 2.00 bits per heavy atom.